The summed E-state index contributed by atoms with van der Waals surface area (Å²) in [6.07, 6.45) is 1.01. The fourth-order valence-corrected chi connectivity index (χ4v) is 3.57. The molecule has 3 rings (SSSR count). The molecule has 0 bridgehead atoms. The van der Waals surface area contributed by atoms with Gasteiger partial charge in [-0.1, -0.05) is 47.1 Å². The number of aryl methyl sites for hydroxylation is 2. The van der Waals surface area contributed by atoms with Crippen LogP contribution in [0.15, 0.2) is 53.0 Å². The first-order valence-corrected chi connectivity index (χ1v) is 9.31. The number of carbonyl (C=O) groups is 1. The molecule has 0 spiro atoms. The Labute approximate surface area is 153 Å². The lowest BCUT2D eigenvalue weighted by atomic mass is 10.1. The molecule has 0 unspecified atom stereocenters. The predicted molar refractivity (Wildman–Crippen MR) is 104 cm³/mol. The molecule has 3 aromatic rings. The smallest absolute Gasteiger partial charge is 0.267 e. The summed E-state index contributed by atoms with van der Waals surface area (Å²) in [5.74, 6) is -0.122. The highest BCUT2D eigenvalue weighted by Gasteiger charge is 2.16. The third-order valence-electron chi connectivity index (χ3n) is 3.71. The minimum absolute atomic E-state index is 0.122. The first-order chi connectivity index (χ1) is 11.6. The van der Waals surface area contributed by atoms with E-state index in [9.17, 15) is 4.79 Å². The van der Waals surface area contributed by atoms with Crippen LogP contribution in [0.2, 0.25) is 0 Å². The number of halogens is 1. The van der Waals surface area contributed by atoms with Crippen LogP contribution in [0.5, 0.6) is 0 Å². The summed E-state index contributed by atoms with van der Waals surface area (Å²) in [5, 5.41) is 3.79. The molecular weight excluding hydrogens is 384 g/mol. The highest BCUT2D eigenvalue weighted by Crippen LogP contribution is 2.29. The number of amides is 1. The summed E-state index contributed by atoms with van der Waals surface area (Å²) in [4.78, 5) is 17.7. The topological polar surface area (TPSA) is 42.0 Å². The van der Waals surface area contributed by atoms with E-state index < -0.39 is 0 Å². The third-order valence-corrected chi connectivity index (χ3v) is 5.45. The van der Waals surface area contributed by atoms with Gasteiger partial charge in [0.15, 0.2) is 0 Å². The molecule has 0 saturated carbocycles. The van der Waals surface area contributed by atoms with Crippen molar-refractivity contribution in [1.82, 2.24) is 4.98 Å². The fraction of sp³-hybridized carbons (Fsp3) is 0.158. The van der Waals surface area contributed by atoms with E-state index in [0.29, 0.717) is 4.88 Å². The zero-order valence-electron chi connectivity index (χ0n) is 13.5. The Hall–Kier alpha value is -1.98. The minimum atomic E-state index is -0.122. The van der Waals surface area contributed by atoms with Crippen molar-refractivity contribution in [2.24, 2.45) is 0 Å². The molecule has 2 aromatic carbocycles. The number of rotatable bonds is 4. The Morgan fingerprint density at radius 1 is 1.12 bits per heavy atom. The molecule has 1 aromatic heterocycles. The van der Waals surface area contributed by atoms with Crippen LogP contribution in [0.1, 0.15) is 27.9 Å². The van der Waals surface area contributed by atoms with Gasteiger partial charge in [0, 0.05) is 15.7 Å². The van der Waals surface area contributed by atoms with Crippen molar-refractivity contribution in [2.45, 2.75) is 20.3 Å². The van der Waals surface area contributed by atoms with E-state index in [4.69, 9.17) is 0 Å². The van der Waals surface area contributed by atoms with Gasteiger partial charge in [-0.05, 0) is 43.2 Å². The summed E-state index contributed by atoms with van der Waals surface area (Å²) in [6, 6.07) is 15.9. The van der Waals surface area contributed by atoms with E-state index in [1.165, 1.54) is 16.9 Å². The molecule has 122 valence electrons. The molecule has 0 radical (unpaired) electrons. The van der Waals surface area contributed by atoms with E-state index in [-0.39, 0.29) is 5.91 Å². The summed E-state index contributed by atoms with van der Waals surface area (Å²) in [5.41, 5.74) is 3.86. The van der Waals surface area contributed by atoms with Gasteiger partial charge in [0.2, 0.25) is 0 Å². The molecule has 0 saturated heterocycles. The Morgan fingerprint density at radius 2 is 1.79 bits per heavy atom. The molecular formula is C19H17BrN2OS. The molecule has 1 N–H and O–H groups in total. The monoisotopic (exact) mass is 400 g/mol. The van der Waals surface area contributed by atoms with Crippen LogP contribution in [-0.2, 0) is 6.42 Å². The van der Waals surface area contributed by atoms with Crippen LogP contribution < -0.4 is 5.32 Å². The van der Waals surface area contributed by atoms with Gasteiger partial charge in [0.05, 0.1) is 5.69 Å². The van der Waals surface area contributed by atoms with Crippen LogP contribution in [0.4, 0.5) is 5.69 Å². The number of anilines is 1. The number of benzene rings is 2. The van der Waals surface area contributed by atoms with Gasteiger partial charge in [-0.2, -0.15) is 0 Å². The second-order valence-corrected chi connectivity index (χ2v) is 7.36. The maximum atomic E-state index is 12.5. The van der Waals surface area contributed by atoms with Crippen LogP contribution in [0, 0.1) is 6.92 Å². The molecule has 5 heteroatoms. The molecule has 0 aliphatic rings. The van der Waals surface area contributed by atoms with Crippen LogP contribution in [-0.4, -0.2) is 10.9 Å². The molecule has 0 aliphatic heterocycles. The number of thiazole rings is 1. The first kappa shape index (κ1) is 16.9. The predicted octanol–water partition coefficient (Wildman–Crippen LogP) is 5.70. The molecule has 1 heterocycles. The van der Waals surface area contributed by atoms with Gasteiger partial charge >= 0.3 is 0 Å². The minimum Gasteiger partial charge on any atom is -0.321 e. The number of hydrogen-bond acceptors (Lipinski definition) is 3. The van der Waals surface area contributed by atoms with E-state index in [2.05, 4.69) is 57.4 Å². The van der Waals surface area contributed by atoms with Crippen molar-refractivity contribution in [2.75, 3.05) is 5.32 Å². The standard InChI is InChI=1S/C19H17BrN2OS/c1-3-13-4-6-14(7-5-13)19-21-12(2)17(24-19)18(23)22-16-10-8-15(20)9-11-16/h4-11H,3H2,1-2H3,(H,22,23). The van der Waals surface area contributed by atoms with Gasteiger partial charge in [0.25, 0.3) is 5.91 Å². The number of carbonyl (C=O) groups excluding carboxylic acids is 1. The molecule has 0 fully saturated rings. The average Bonchev–Trinajstić information content (AvgIpc) is 2.99. The van der Waals surface area contributed by atoms with E-state index in [0.717, 1.165) is 32.8 Å². The van der Waals surface area contributed by atoms with Crippen molar-refractivity contribution in [3.05, 3.63) is 69.1 Å². The average molecular weight is 401 g/mol. The lowest BCUT2D eigenvalue weighted by Gasteiger charge is -2.03. The third kappa shape index (κ3) is 3.74. The summed E-state index contributed by atoms with van der Waals surface area (Å²) < 4.78 is 0.979. The first-order valence-electron chi connectivity index (χ1n) is 7.70. The Morgan fingerprint density at radius 3 is 2.42 bits per heavy atom. The molecule has 0 aliphatic carbocycles. The number of nitrogens with zero attached hydrogens (tertiary/aromatic N) is 1. The lowest BCUT2D eigenvalue weighted by molar-refractivity contribution is 0.103. The molecule has 0 atom stereocenters. The van der Waals surface area contributed by atoms with Crippen LogP contribution in [0.3, 0.4) is 0 Å². The van der Waals surface area contributed by atoms with Crippen molar-refractivity contribution in [1.29, 1.82) is 0 Å². The second kappa shape index (κ2) is 7.28. The summed E-state index contributed by atoms with van der Waals surface area (Å²) in [6.45, 7) is 4.00. The van der Waals surface area contributed by atoms with Gasteiger partial charge in [-0.15, -0.1) is 11.3 Å². The van der Waals surface area contributed by atoms with Crippen molar-refractivity contribution >= 4 is 38.9 Å². The fourth-order valence-electron chi connectivity index (χ4n) is 2.33. The van der Waals surface area contributed by atoms with E-state index in [1.807, 2.05) is 31.2 Å². The summed E-state index contributed by atoms with van der Waals surface area (Å²) >= 11 is 4.81. The quantitative estimate of drug-likeness (QED) is 0.610. The molecule has 1 amide bonds. The number of hydrogen-bond donors (Lipinski definition) is 1. The normalized spacial score (nSPS) is 10.6. The Kier molecular flexibility index (Phi) is 5.11. The second-order valence-electron chi connectivity index (χ2n) is 5.45. The SMILES string of the molecule is CCc1ccc(-c2nc(C)c(C(=O)Nc3ccc(Br)cc3)s2)cc1. The maximum Gasteiger partial charge on any atom is 0.267 e. The Balaban J connectivity index is 1.82. The van der Waals surface area contributed by atoms with Gasteiger partial charge in [0.1, 0.15) is 9.88 Å². The van der Waals surface area contributed by atoms with Crippen molar-refractivity contribution in [3.63, 3.8) is 0 Å². The lowest BCUT2D eigenvalue weighted by Crippen LogP contribution is -2.11. The van der Waals surface area contributed by atoms with Gasteiger partial charge in [-0.25, -0.2) is 4.98 Å². The zero-order valence-corrected chi connectivity index (χ0v) is 15.9. The summed E-state index contributed by atoms with van der Waals surface area (Å²) in [7, 11) is 0. The zero-order chi connectivity index (χ0) is 17.1. The van der Waals surface area contributed by atoms with Crippen molar-refractivity contribution < 1.29 is 4.79 Å². The number of aromatic nitrogens is 1. The van der Waals surface area contributed by atoms with Gasteiger partial charge < -0.3 is 5.32 Å². The molecule has 3 nitrogen and oxygen atoms in total. The highest BCUT2D eigenvalue weighted by atomic mass is 79.9. The van der Waals surface area contributed by atoms with E-state index >= 15 is 0 Å². The number of nitrogens with one attached hydrogen (secondary N) is 1. The van der Waals surface area contributed by atoms with Gasteiger partial charge in [-0.3, -0.25) is 4.79 Å². The van der Waals surface area contributed by atoms with E-state index in [1.54, 1.807) is 0 Å². The largest absolute Gasteiger partial charge is 0.321 e. The highest BCUT2D eigenvalue weighted by molar-refractivity contribution is 9.10. The van der Waals surface area contributed by atoms with Crippen molar-refractivity contribution in [3.8, 4) is 10.6 Å². The molecule has 24 heavy (non-hydrogen) atoms. The Bertz CT molecular complexity index is 854. The van der Waals surface area contributed by atoms with Crippen LogP contribution in [0.25, 0.3) is 10.6 Å². The maximum absolute atomic E-state index is 12.5. The van der Waals surface area contributed by atoms with Crippen LogP contribution >= 0.6 is 27.3 Å².